The molecule has 0 saturated heterocycles. The van der Waals surface area contributed by atoms with Crippen molar-refractivity contribution in [3.8, 4) is 5.88 Å². The average Bonchev–Trinajstić information content (AvgIpc) is 2.53. The standard InChI is InChI=1S/C16H18N2O2/c1-20-16-14(17-8-9-18-16)15(19)13-7-6-11-4-2-3-5-12(11)10-13/h2-5,8-9,13,15,19H,6-7,10H2,1H3. The van der Waals surface area contributed by atoms with Crippen molar-refractivity contribution in [2.75, 3.05) is 7.11 Å². The third-order valence-electron chi connectivity index (χ3n) is 4.00. The second-order valence-electron chi connectivity index (χ2n) is 5.17. The molecule has 3 rings (SSSR count). The number of rotatable bonds is 3. The van der Waals surface area contributed by atoms with Gasteiger partial charge in [0.25, 0.3) is 0 Å². The number of hydrogen-bond acceptors (Lipinski definition) is 4. The monoisotopic (exact) mass is 270 g/mol. The molecule has 2 aromatic rings. The number of hydrogen-bond donors (Lipinski definition) is 1. The van der Waals surface area contributed by atoms with Gasteiger partial charge in [-0.25, -0.2) is 4.98 Å². The molecular weight excluding hydrogens is 252 g/mol. The number of fused-ring (bicyclic) bond motifs is 1. The summed E-state index contributed by atoms with van der Waals surface area (Å²) in [6, 6.07) is 8.43. The minimum absolute atomic E-state index is 0.162. The number of nitrogens with zero attached hydrogens (tertiary/aromatic N) is 2. The number of aryl methyl sites for hydroxylation is 1. The zero-order valence-electron chi connectivity index (χ0n) is 11.5. The maximum Gasteiger partial charge on any atom is 0.238 e. The largest absolute Gasteiger partial charge is 0.480 e. The van der Waals surface area contributed by atoms with E-state index in [9.17, 15) is 5.11 Å². The van der Waals surface area contributed by atoms with E-state index in [0.29, 0.717) is 11.6 Å². The highest BCUT2D eigenvalue weighted by Gasteiger charge is 2.29. The lowest BCUT2D eigenvalue weighted by atomic mass is 9.80. The van der Waals surface area contributed by atoms with Crippen LogP contribution in [0.1, 0.15) is 29.3 Å². The molecule has 0 spiro atoms. The van der Waals surface area contributed by atoms with Gasteiger partial charge in [-0.15, -0.1) is 0 Å². The SMILES string of the molecule is COc1nccnc1C(O)C1CCc2ccccc2C1. The minimum Gasteiger partial charge on any atom is -0.480 e. The van der Waals surface area contributed by atoms with Gasteiger partial charge in [0, 0.05) is 12.4 Å². The summed E-state index contributed by atoms with van der Waals surface area (Å²) in [5.41, 5.74) is 3.26. The average molecular weight is 270 g/mol. The first-order chi connectivity index (χ1) is 9.79. The fourth-order valence-corrected chi connectivity index (χ4v) is 2.91. The number of aliphatic hydroxyl groups excluding tert-OH is 1. The Bertz CT molecular complexity index is 601. The molecule has 0 radical (unpaired) electrons. The Morgan fingerprint density at radius 2 is 1.95 bits per heavy atom. The van der Waals surface area contributed by atoms with Crippen LogP contribution in [0.15, 0.2) is 36.7 Å². The normalized spacial score (nSPS) is 19.2. The van der Waals surface area contributed by atoms with E-state index in [1.165, 1.54) is 11.1 Å². The summed E-state index contributed by atoms with van der Waals surface area (Å²) in [7, 11) is 1.55. The second-order valence-corrected chi connectivity index (χ2v) is 5.17. The van der Waals surface area contributed by atoms with E-state index in [0.717, 1.165) is 19.3 Å². The Morgan fingerprint density at radius 3 is 2.75 bits per heavy atom. The Labute approximate surface area is 118 Å². The van der Waals surface area contributed by atoms with Gasteiger partial charge in [-0.1, -0.05) is 24.3 Å². The van der Waals surface area contributed by atoms with E-state index in [-0.39, 0.29) is 5.92 Å². The number of aromatic nitrogens is 2. The zero-order valence-corrected chi connectivity index (χ0v) is 11.5. The summed E-state index contributed by atoms with van der Waals surface area (Å²) in [5.74, 6) is 0.578. The van der Waals surface area contributed by atoms with Gasteiger partial charge in [0.1, 0.15) is 11.8 Å². The zero-order chi connectivity index (χ0) is 13.9. The van der Waals surface area contributed by atoms with E-state index in [1.54, 1.807) is 19.5 Å². The molecule has 2 unspecified atom stereocenters. The van der Waals surface area contributed by atoms with Crippen LogP contribution in [0.25, 0.3) is 0 Å². The highest BCUT2D eigenvalue weighted by Crippen LogP contribution is 2.35. The van der Waals surface area contributed by atoms with Gasteiger partial charge >= 0.3 is 0 Å². The van der Waals surface area contributed by atoms with Crippen LogP contribution in [-0.4, -0.2) is 22.2 Å². The van der Waals surface area contributed by atoms with Crippen LogP contribution in [0.4, 0.5) is 0 Å². The van der Waals surface area contributed by atoms with E-state index < -0.39 is 6.10 Å². The molecule has 4 heteroatoms. The first kappa shape index (κ1) is 13.1. The lowest BCUT2D eigenvalue weighted by Gasteiger charge is -2.28. The van der Waals surface area contributed by atoms with Crippen molar-refractivity contribution in [1.29, 1.82) is 0 Å². The molecule has 1 heterocycles. The Balaban J connectivity index is 1.84. The molecule has 1 N–H and O–H groups in total. The van der Waals surface area contributed by atoms with Crippen LogP contribution >= 0.6 is 0 Å². The van der Waals surface area contributed by atoms with Crippen LogP contribution in [0.2, 0.25) is 0 Å². The van der Waals surface area contributed by atoms with Gasteiger partial charge in [0.05, 0.1) is 7.11 Å². The third kappa shape index (κ3) is 2.39. The summed E-state index contributed by atoms with van der Waals surface area (Å²) < 4.78 is 5.19. The van der Waals surface area contributed by atoms with Gasteiger partial charge in [-0.05, 0) is 36.3 Å². The highest BCUT2D eigenvalue weighted by molar-refractivity contribution is 5.31. The fourth-order valence-electron chi connectivity index (χ4n) is 2.91. The quantitative estimate of drug-likeness (QED) is 0.930. The summed E-state index contributed by atoms with van der Waals surface area (Å²) in [6.07, 6.45) is 5.37. The molecule has 104 valence electrons. The molecule has 1 aliphatic carbocycles. The molecule has 0 fully saturated rings. The van der Waals surface area contributed by atoms with Crippen molar-refractivity contribution in [3.05, 3.63) is 53.5 Å². The minimum atomic E-state index is -0.632. The first-order valence-electron chi connectivity index (χ1n) is 6.89. The number of benzene rings is 1. The van der Waals surface area contributed by atoms with E-state index in [2.05, 4.69) is 34.2 Å². The molecule has 0 saturated carbocycles. The summed E-state index contributed by atoms with van der Waals surface area (Å²) >= 11 is 0. The van der Waals surface area contributed by atoms with Crippen molar-refractivity contribution in [1.82, 2.24) is 9.97 Å². The topological polar surface area (TPSA) is 55.2 Å². The fraction of sp³-hybridized carbons (Fsp3) is 0.375. The Morgan fingerprint density at radius 1 is 1.20 bits per heavy atom. The highest BCUT2D eigenvalue weighted by atomic mass is 16.5. The Kier molecular flexibility index (Phi) is 3.65. The molecule has 1 aliphatic rings. The Hall–Kier alpha value is -1.94. The van der Waals surface area contributed by atoms with Crippen LogP contribution in [-0.2, 0) is 12.8 Å². The van der Waals surface area contributed by atoms with Crippen LogP contribution in [0.3, 0.4) is 0 Å². The molecule has 1 aromatic heterocycles. The molecule has 4 nitrogen and oxygen atoms in total. The van der Waals surface area contributed by atoms with Gasteiger partial charge in [-0.3, -0.25) is 4.98 Å². The molecule has 20 heavy (non-hydrogen) atoms. The van der Waals surface area contributed by atoms with Crippen molar-refractivity contribution < 1.29 is 9.84 Å². The third-order valence-corrected chi connectivity index (χ3v) is 4.00. The van der Waals surface area contributed by atoms with Crippen molar-refractivity contribution in [2.24, 2.45) is 5.92 Å². The number of ether oxygens (including phenoxy) is 1. The lowest BCUT2D eigenvalue weighted by Crippen LogP contribution is -2.22. The second kappa shape index (κ2) is 5.59. The molecular formula is C16H18N2O2. The van der Waals surface area contributed by atoms with Gasteiger partial charge in [0.2, 0.25) is 5.88 Å². The van der Waals surface area contributed by atoms with Gasteiger partial charge in [0.15, 0.2) is 0 Å². The smallest absolute Gasteiger partial charge is 0.238 e. The van der Waals surface area contributed by atoms with Crippen LogP contribution < -0.4 is 4.74 Å². The number of methoxy groups -OCH3 is 1. The van der Waals surface area contributed by atoms with Crippen LogP contribution in [0, 0.1) is 5.92 Å². The maximum absolute atomic E-state index is 10.6. The van der Waals surface area contributed by atoms with Crippen LogP contribution in [0.5, 0.6) is 5.88 Å². The predicted molar refractivity (Wildman–Crippen MR) is 75.5 cm³/mol. The molecule has 0 amide bonds. The van der Waals surface area contributed by atoms with E-state index in [1.807, 2.05) is 0 Å². The van der Waals surface area contributed by atoms with E-state index >= 15 is 0 Å². The first-order valence-corrected chi connectivity index (χ1v) is 6.89. The maximum atomic E-state index is 10.6. The predicted octanol–water partition coefficient (Wildman–Crippen LogP) is 2.32. The summed E-state index contributed by atoms with van der Waals surface area (Å²) in [4.78, 5) is 8.36. The van der Waals surface area contributed by atoms with Gasteiger partial charge in [-0.2, -0.15) is 0 Å². The molecule has 2 atom stereocenters. The van der Waals surface area contributed by atoms with Crippen molar-refractivity contribution >= 4 is 0 Å². The lowest BCUT2D eigenvalue weighted by molar-refractivity contribution is 0.0918. The van der Waals surface area contributed by atoms with Crippen molar-refractivity contribution in [2.45, 2.75) is 25.4 Å². The molecule has 0 aliphatic heterocycles. The summed E-state index contributed by atoms with van der Waals surface area (Å²) in [5, 5.41) is 10.6. The number of aliphatic hydroxyl groups is 1. The van der Waals surface area contributed by atoms with E-state index in [4.69, 9.17) is 4.74 Å². The molecule has 0 bridgehead atoms. The summed E-state index contributed by atoms with van der Waals surface area (Å²) in [6.45, 7) is 0. The molecule has 1 aromatic carbocycles. The van der Waals surface area contributed by atoms with Gasteiger partial charge < -0.3 is 9.84 Å². The van der Waals surface area contributed by atoms with Crippen molar-refractivity contribution in [3.63, 3.8) is 0 Å².